The van der Waals surface area contributed by atoms with E-state index in [1.165, 1.54) is 5.39 Å². The van der Waals surface area contributed by atoms with E-state index in [2.05, 4.69) is 59.6 Å². The van der Waals surface area contributed by atoms with Crippen LogP contribution in [0.5, 0.6) is 0 Å². The van der Waals surface area contributed by atoms with Gasteiger partial charge in [-0.15, -0.1) is 11.3 Å². The van der Waals surface area contributed by atoms with Crippen molar-refractivity contribution in [3.8, 4) is 17.2 Å². The smallest absolute Gasteiger partial charge is 0.119 e. The Labute approximate surface area is 191 Å². The van der Waals surface area contributed by atoms with E-state index in [-0.39, 0.29) is 6.10 Å². The van der Waals surface area contributed by atoms with Crippen LogP contribution in [0, 0.1) is 11.3 Å². The average molecular weight is 433 g/mol. The molecule has 4 heteroatoms. The number of benzene rings is 4. The highest BCUT2D eigenvalue weighted by atomic mass is 32.1. The summed E-state index contributed by atoms with van der Waals surface area (Å²) in [5, 5.41) is 12.1. The van der Waals surface area contributed by atoms with E-state index in [1.807, 2.05) is 54.2 Å². The molecule has 1 heterocycles. The topological polar surface area (TPSA) is 45.9 Å². The second-order valence-corrected chi connectivity index (χ2v) is 8.48. The molecule has 0 aliphatic carbocycles. The van der Waals surface area contributed by atoms with Crippen LogP contribution in [0.4, 0.5) is 0 Å². The van der Waals surface area contributed by atoms with Crippen LogP contribution in [-0.4, -0.2) is 4.98 Å². The summed E-state index contributed by atoms with van der Waals surface area (Å²) in [6.07, 6.45) is 1.60. The number of fused-ring (bicyclic) bond motifs is 1. The van der Waals surface area contributed by atoms with Crippen molar-refractivity contribution < 1.29 is 4.74 Å². The largest absolute Gasteiger partial charge is 0.363 e. The number of hydrogen-bond acceptors (Lipinski definition) is 4. The Hall–Kier alpha value is -3.78. The number of aromatic nitrogens is 1. The Morgan fingerprint density at radius 3 is 2.47 bits per heavy atom. The van der Waals surface area contributed by atoms with E-state index in [0.29, 0.717) is 12.2 Å². The number of hydrogen-bond donors (Lipinski definition) is 0. The van der Waals surface area contributed by atoms with Crippen molar-refractivity contribution in [1.82, 2.24) is 4.98 Å². The van der Waals surface area contributed by atoms with Crippen LogP contribution in [0.3, 0.4) is 0 Å². The van der Waals surface area contributed by atoms with E-state index in [4.69, 9.17) is 4.74 Å². The number of ether oxygens (including phenoxy) is 1. The van der Waals surface area contributed by atoms with E-state index in [9.17, 15) is 5.26 Å². The van der Waals surface area contributed by atoms with Gasteiger partial charge in [0.1, 0.15) is 6.10 Å². The van der Waals surface area contributed by atoms with Gasteiger partial charge in [-0.2, -0.15) is 5.26 Å². The molecule has 0 radical (unpaired) electrons. The first-order valence-corrected chi connectivity index (χ1v) is 11.3. The summed E-state index contributed by atoms with van der Waals surface area (Å²) in [7, 11) is 0. The Bertz CT molecular complexity index is 1390. The van der Waals surface area contributed by atoms with Crippen molar-refractivity contribution in [2.45, 2.75) is 12.7 Å². The molecule has 0 aliphatic rings. The molecule has 3 nitrogen and oxygen atoms in total. The zero-order valence-electron chi connectivity index (χ0n) is 17.3. The summed E-state index contributed by atoms with van der Waals surface area (Å²) in [5.41, 5.74) is 6.52. The number of nitrogens with zero attached hydrogens (tertiary/aromatic N) is 2. The molecule has 0 bridgehead atoms. The molecule has 5 rings (SSSR count). The average Bonchev–Trinajstić information content (AvgIpc) is 3.39. The summed E-state index contributed by atoms with van der Waals surface area (Å²) in [4.78, 5) is 5.30. The number of rotatable bonds is 6. The zero-order valence-corrected chi connectivity index (χ0v) is 18.1. The van der Waals surface area contributed by atoms with Gasteiger partial charge in [0.15, 0.2) is 0 Å². The van der Waals surface area contributed by atoms with Gasteiger partial charge in [-0.25, -0.2) is 0 Å². The predicted molar refractivity (Wildman–Crippen MR) is 129 cm³/mol. The standard InChI is InChI=1S/C28H20N2OS/c29-16-25-13-12-24(15-26(25)23-11-10-21-8-4-5-9-22(21)14-23)28(27-17-30-19-32-27)31-18-20-6-2-1-3-7-20/h1-15,17,19,28H,18H2. The molecular weight excluding hydrogens is 412 g/mol. The van der Waals surface area contributed by atoms with Gasteiger partial charge >= 0.3 is 0 Å². The first-order valence-electron chi connectivity index (χ1n) is 10.4. The summed E-state index contributed by atoms with van der Waals surface area (Å²) in [5.74, 6) is 0. The van der Waals surface area contributed by atoms with E-state index < -0.39 is 0 Å². The van der Waals surface area contributed by atoms with Crippen molar-refractivity contribution in [2.75, 3.05) is 0 Å². The van der Waals surface area contributed by atoms with Gasteiger partial charge in [-0.3, -0.25) is 4.98 Å². The highest BCUT2D eigenvalue weighted by Gasteiger charge is 2.19. The molecule has 0 spiro atoms. The summed E-state index contributed by atoms with van der Waals surface area (Å²) in [6.45, 7) is 0.495. The molecule has 0 N–H and O–H groups in total. The van der Waals surface area contributed by atoms with Crippen molar-refractivity contribution in [1.29, 1.82) is 5.26 Å². The van der Waals surface area contributed by atoms with Gasteiger partial charge in [0.25, 0.3) is 0 Å². The lowest BCUT2D eigenvalue weighted by molar-refractivity contribution is 0.0689. The zero-order chi connectivity index (χ0) is 21.8. The Balaban J connectivity index is 1.55. The molecule has 4 aromatic carbocycles. The molecule has 1 unspecified atom stereocenters. The second-order valence-electron chi connectivity index (χ2n) is 7.56. The van der Waals surface area contributed by atoms with Crippen LogP contribution in [0.1, 0.15) is 27.7 Å². The van der Waals surface area contributed by atoms with Crippen LogP contribution in [0.15, 0.2) is 103 Å². The molecule has 1 atom stereocenters. The lowest BCUT2D eigenvalue weighted by atomic mass is 9.94. The Morgan fingerprint density at radius 1 is 0.875 bits per heavy atom. The van der Waals surface area contributed by atoms with Crippen LogP contribution in [0.25, 0.3) is 21.9 Å². The quantitative estimate of drug-likeness (QED) is 0.286. The fourth-order valence-corrected chi connectivity index (χ4v) is 4.56. The Morgan fingerprint density at radius 2 is 1.69 bits per heavy atom. The minimum absolute atomic E-state index is 0.255. The van der Waals surface area contributed by atoms with Crippen molar-refractivity contribution in [3.63, 3.8) is 0 Å². The molecule has 154 valence electrons. The number of thiazole rings is 1. The first-order chi connectivity index (χ1) is 15.8. The Kier molecular flexibility index (Phi) is 5.76. The lowest BCUT2D eigenvalue weighted by Crippen LogP contribution is -2.06. The molecule has 0 saturated heterocycles. The maximum absolute atomic E-state index is 9.77. The SMILES string of the molecule is N#Cc1ccc(C(OCc2ccccc2)c2cncs2)cc1-c1ccc2ccccc2c1. The van der Waals surface area contributed by atoms with Gasteiger partial charge in [0, 0.05) is 6.20 Å². The van der Waals surface area contributed by atoms with Gasteiger partial charge in [-0.1, -0.05) is 72.8 Å². The molecule has 0 aliphatic heterocycles. The molecule has 1 aromatic heterocycles. The summed E-state index contributed by atoms with van der Waals surface area (Å²) >= 11 is 1.57. The normalized spacial score (nSPS) is 11.8. The molecular formula is C28H20N2OS. The van der Waals surface area contributed by atoms with Crippen LogP contribution < -0.4 is 0 Å². The predicted octanol–water partition coefficient (Wildman–Crippen LogP) is 7.14. The van der Waals surface area contributed by atoms with Crippen molar-refractivity contribution >= 4 is 22.1 Å². The highest BCUT2D eigenvalue weighted by Crippen LogP contribution is 2.34. The van der Waals surface area contributed by atoms with E-state index in [1.54, 1.807) is 11.3 Å². The monoisotopic (exact) mass is 432 g/mol. The first kappa shape index (κ1) is 20.1. The van der Waals surface area contributed by atoms with Crippen LogP contribution >= 0.6 is 11.3 Å². The van der Waals surface area contributed by atoms with Crippen molar-refractivity contribution in [2.24, 2.45) is 0 Å². The molecule has 5 aromatic rings. The fourth-order valence-electron chi connectivity index (χ4n) is 3.87. The molecule has 0 saturated carbocycles. The highest BCUT2D eigenvalue weighted by molar-refractivity contribution is 7.09. The maximum atomic E-state index is 9.77. The van der Waals surface area contributed by atoms with Gasteiger partial charge in [0.2, 0.25) is 0 Å². The van der Waals surface area contributed by atoms with Crippen LogP contribution in [0.2, 0.25) is 0 Å². The third-order valence-corrected chi connectivity index (χ3v) is 6.32. The molecule has 32 heavy (non-hydrogen) atoms. The molecule has 0 amide bonds. The van der Waals surface area contributed by atoms with E-state index >= 15 is 0 Å². The number of nitriles is 1. The second kappa shape index (κ2) is 9.15. The maximum Gasteiger partial charge on any atom is 0.119 e. The fraction of sp³-hybridized carbons (Fsp3) is 0.0714. The summed E-state index contributed by atoms with van der Waals surface area (Å²) in [6, 6.07) is 33.0. The lowest BCUT2D eigenvalue weighted by Gasteiger charge is -2.19. The third kappa shape index (κ3) is 4.17. The molecule has 0 fully saturated rings. The van der Waals surface area contributed by atoms with Gasteiger partial charge in [0.05, 0.1) is 28.6 Å². The third-order valence-electron chi connectivity index (χ3n) is 5.50. The summed E-state index contributed by atoms with van der Waals surface area (Å²) < 4.78 is 6.38. The van der Waals surface area contributed by atoms with Gasteiger partial charge < -0.3 is 4.74 Å². The van der Waals surface area contributed by atoms with Gasteiger partial charge in [-0.05, 0) is 51.2 Å². The minimum Gasteiger partial charge on any atom is -0.363 e. The van der Waals surface area contributed by atoms with E-state index in [0.717, 1.165) is 32.5 Å². The van der Waals surface area contributed by atoms with Crippen LogP contribution in [-0.2, 0) is 11.3 Å². The minimum atomic E-state index is -0.255. The van der Waals surface area contributed by atoms with Crippen molar-refractivity contribution in [3.05, 3.63) is 124 Å².